The van der Waals surface area contributed by atoms with E-state index in [4.69, 9.17) is 4.74 Å². The van der Waals surface area contributed by atoms with E-state index in [0.717, 1.165) is 17.8 Å². The molecule has 1 aromatic heterocycles. The van der Waals surface area contributed by atoms with Crippen molar-refractivity contribution in [3.8, 4) is 11.8 Å². The smallest absolute Gasteiger partial charge is 0.424 e. The minimum absolute atomic E-state index is 0.330. The molecule has 0 bridgehead atoms. The molecule has 0 aliphatic carbocycles. The van der Waals surface area contributed by atoms with Crippen molar-refractivity contribution in [2.45, 2.75) is 12.7 Å². The SMILES string of the molecule is CNCc1ccccc1Oc1nccc(C(F)(F)F)n1. The first-order chi connectivity index (χ1) is 9.50. The summed E-state index contributed by atoms with van der Waals surface area (Å²) in [5.74, 6) is 0.418. The van der Waals surface area contributed by atoms with Crippen LogP contribution in [0.4, 0.5) is 13.2 Å². The lowest BCUT2D eigenvalue weighted by molar-refractivity contribution is -0.141. The van der Waals surface area contributed by atoms with Crippen molar-refractivity contribution in [2.24, 2.45) is 0 Å². The van der Waals surface area contributed by atoms with Gasteiger partial charge in [-0.15, -0.1) is 0 Å². The molecule has 7 heteroatoms. The number of hydrogen-bond acceptors (Lipinski definition) is 4. The van der Waals surface area contributed by atoms with Gasteiger partial charge in [0, 0.05) is 18.3 Å². The number of halogens is 3. The second kappa shape index (κ2) is 5.87. The van der Waals surface area contributed by atoms with E-state index in [0.29, 0.717) is 12.3 Å². The lowest BCUT2D eigenvalue weighted by Crippen LogP contribution is -2.10. The number of nitrogens with one attached hydrogen (secondary N) is 1. The van der Waals surface area contributed by atoms with Crippen LogP contribution in [-0.4, -0.2) is 17.0 Å². The van der Waals surface area contributed by atoms with Gasteiger partial charge in [0.25, 0.3) is 0 Å². The third kappa shape index (κ3) is 3.45. The third-order valence-corrected chi connectivity index (χ3v) is 2.46. The standard InChI is InChI=1S/C13H12F3N3O/c1-17-8-9-4-2-3-5-10(9)20-12-18-7-6-11(19-12)13(14,15)16/h2-7,17H,8H2,1H3. The van der Waals surface area contributed by atoms with Gasteiger partial charge in [-0.3, -0.25) is 0 Å². The zero-order valence-corrected chi connectivity index (χ0v) is 10.6. The molecule has 20 heavy (non-hydrogen) atoms. The minimum atomic E-state index is -4.52. The first-order valence-corrected chi connectivity index (χ1v) is 5.81. The van der Waals surface area contributed by atoms with Gasteiger partial charge in [-0.2, -0.15) is 18.2 Å². The fourth-order valence-corrected chi connectivity index (χ4v) is 1.59. The van der Waals surface area contributed by atoms with Gasteiger partial charge in [0.1, 0.15) is 5.75 Å². The normalized spacial score (nSPS) is 11.4. The molecule has 0 aliphatic rings. The average molecular weight is 283 g/mol. The summed E-state index contributed by atoms with van der Waals surface area (Å²) in [5, 5.41) is 2.94. The molecule has 0 aliphatic heterocycles. The fourth-order valence-electron chi connectivity index (χ4n) is 1.59. The number of rotatable bonds is 4. The lowest BCUT2D eigenvalue weighted by atomic mass is 10.2. The molecule has 0 radical (unpaired) electrons. The highest BCUT2D eigenvalue weighted by molar-refractivity contribution is 5.35. The Morgan fingerprint density at radius 1 is 1.20 bits per heavy atom. The monoisotopic (exact) mass is 283 g/mol. The van der Waals surface area contributed by atoms with Gasteiger partial charge in [0.15, 0.2) is 5.69 Å². The van der Waals surface area contributed by atoms with Crippen molar-refractivity contribution >= 4 is 0 Å². The molecule has 4 nitrogen and oxygen atoms in total. The van der Waals surface area contributed by atoms with Crippen LogP contribution in [0.2, 0.25) is 0 Å². The Kier molecular flexibility index (Phi) is 4.19. The van der Waals surface area contributed by atoms with Gasteiger partial charge < -0.3 is 10.1 Å². The van der Waals surface area contributed by atoms with Crippen LogP contribution in [0.1, 0.15) is 11.3 Å². The second-order valence-electron chi connectivity index (χ2n) is 3.96. The van der Waals surface area contributed by atoms with Crippen LogP contribution in [0.25, 0.3) is 0 Å². The van der Waals surface area contributed by atoms with Crippen LogP contribution >= 0.6 is 0 Å². The number of nitrogens with zero attached hydrogens (tertiary/aromatic N) is 2. The van der Waals surface area contributed by atoms with Gasteiger partial charge in [0.05, 0.1) is 0 Å². The summed E-state index contributed by atoms with van der Waals surface area (Å²) in [6.45, 7) is 0.523. The van der Waals surface area contributed by atoms with E-state index in [1.54, 1.807) is 25.2 Å². The van der Waals surface area contributed by atoms with Crippen molar-refractivity contribution in [3.05, 3.63) is 47.8 Å². The Hall–Kier alpha value is -2.15. The molecule has 2 aromatic rings. The van der Waals surface area contributed by atoms with Crippen LogP contribution in [-0.2, 0) is 12.7 Å². The van der Waals surface area contributed by atoms with Crippen LogP contribution in [0, 0.1) is 0 Å². The number of hydrogen-bond donors (Lipinski definition) is 1. The van der Waals surface area contributed by atoms with Gasteiger partial charge >= 0.3 is 12.2 Å². The summed E-state index contributed by atoms with van der Waals surface area (Å²) in [5.41, 5.74) is -0.232. The zero-order chi connectivity index (χ0) is 14.6. The molecule has 0 saturated carbocycles. The predicted octanol–water partition coefficient (Wildman–Crippen LogP) is 3.01. The Morgan fingerprint density at radius 2 is 1.95 bits per heavy atom. The van der Waals surface area contributed by atoms with E-state index in [-0.39, 0.29) is 6.01 Å². The van der Waals surface area contributed by atoms with Crippen molar-refractivity contribution in [2.75, 3.05) is 7.05 Å². The number of benzene rings is 1. The highest BCUT2D eigenvalue weighted by Crippen LogP contribution is 2.29. The molecule has 2 rings (SSSR count). The maximum Gasteiger partial charge on any atom is 0.433 e. The van der Waals surface area contributed by atoms with Crippen molar-refractivity contribution < 1.29 is 17.9 Å². The van der Waals surface area contributed by atoms with Gasteiger partial charge in [-0.1, -0.05) is 18.2 Å². The summed E-state index contributed by atoms with van der Waals surface area (Å²) in [4.78, 5) is 7.06. The predicted molar refractivity (Wildman–Crippen MR) is 66.3 cm³/mol. The lowest BCUT2D eigenvalue weighted by Gasteiger charge is -2.10. The minimum Gasteiger partial charge on any atom is -0.424 e. The molecule has 1 aromatic carbocycles. The van der Waals surface area contributed by atoms with Crippen molar-refractivity contribution in [3.63, 3.8) is 0 Å². The Labute approximate surface area is 113 Å². The number of alkyl halides is 3. The van der Waals surface area contributed by atoms with Gasteiger partial charge in [-0.25, -0.2) is 4.98 Å². The number of aromatic nitrogens is 2. The second-order valence-corrected chi connectivity index (χ2v) is 3.96. The molecule has 0 unspecified atom stereocenters. The fraction of sp³-hybridized carbons (Fsp3) is 0.231. The summed E-state index contributed by atoms with van der Waals surface area (Å²) in [6, 6.07) is 7.46. The van der Waals surface area contributed by atoms with Crippen LogP contribution < -0.4 is 10.1 Å². The average Bonchev–Trinajstić information content (AvgIpc) is 2.41. The molecule has 0 spiro atoms. The topological polar surface area (TPSA) is 47.0 Å². The highest BCUT2D eigenvalue weighted by atomic mass is 19.4. The molecular formula is C13H12F3N3O. The molecule has 1 heterocycles. The zero-order valence-electron chi connectivity index (χ0n) is 10.6. The summed E-state index contributed by atoms with van der Waals surface area (Å²) >= 11 is 0. The molecule has 0 fully saturated rings. The summed E-state index contributed by atoms with van der Waals surface area (Å²) < 4.78 is 43.0. The Morgan fingerprint density at radius 3 is 2.65 bits per heavy atom. The molecule has 0 atom stereocenters. The molecular weight excluding hydrogens is 271 g/mol. The van der Waals surface area contributed by atoms with Gasteiger partial charge in [-0.05, 0) is 19.2 Å². The number of para-hydroxylation sites is 1. The molecule has 0 amide bonds. The van der Waals surface area contributed by atoms with E-state index in [1.165, 1.54) is 0 Å². The first-order valence-electron chi connectivity index (χ1n) is 5.81. The molecule has 106 valence electrons. The quantitative estimate of drug-likeness (QED) is 0.937. The largest absolute Gasteiger partial charge is 0.433 e. The van der Waals surface area contributed by atoms with E-state index in [9.17, 15) is 13.2 Å². The van der Waals surface area contributed by atoms with E-state index in [2.05, 4.69) is 15.3 Å². The Balaban J connectivity index is 2.26. The van der Waals surface area contributed by atoms with E-state index >= 15 is 0 Å². The van der Waals surface area contributed by atoms with Crippen molar-refractivity contribution in [1.82, 2.24) is 15.3 Å². The van der Waals surface area contributed by atoms with Crippen LogP contribution in [0.3, 0.4) is 0 Å². The van der Waals surface area contributed by atoms with E-state index in [1.807, 2.05) is 6.07 Å². The maximum atomic E-state index is 12.6. The molecule has 1 N–H and O–H groups in total. The Bertz CT molecular complexity index is 587. The summed E-state index contributed by atoms with van der Waals surface area (Å²) in [6.07, 6.45) is -3.50. The highest BCUT2D eigenvalue weighted by Gasteiger charge is 2.33. The third-order valence-electron chi connectivity index (χ3n) is 2.46. The van der Waals surface area contributed by atoms with Crippen LogP contribution in [0.5, 0.6) is 11.8 Å². The van der Waals surface area contributed by atoms with Crippen LogP contribution in [0.15, 0.2) is 36.5 Å². The first kappa shape index (κ1) is 14.3. The van der Waals surface area contributed by atoms with Crippen molar-refractivity contribution in [1.29, 1.82) is 0 Å². The maximum absolute atomic E-state index is 12.6. The van der Waals surface area contributed by atoms with Gasteiger partial charge in [0.2, 0.25) is 0 Å². The number of ether oxygens (including phenoxy) is 1. The molecule has 0 saturated heterocycles. The van der Waals surface area contributed by atoms with E-state index < -0.39 is 11.9 Å². The summed E-state index contributed by atoms with van der Waals surface area (Å²) in [7, 11) is 1.76.